The van der Waals surface area contributed by atoms with Crippen molar-refractivity contribution in [1.29, 1.82) is 0 Å². The van der Waals surface area contributed by atoms with Crippen LogP contribution in [0, 0.1) is 0 Å². The lowest BCUT2D eigenvalue weighted by Gasteiger charge is -2.36. The van der Waals surface area contributed by atoms with E-state index in [1.807, 2.05) is 20.8 Å². The topological polar surface area (TPSA) is 61.9 Å². The first kappa shape index (κ1) is 19.4. The molecule has 6 nitrogen and oxygen atoms in total. The molecular formula is C18H26ClN3O3. The van der Waals surface area contributed by atoms with Crippen molar-refractivity contribution in [1.82, 2.24) is 15.1 Å². The number of hydrogen-bond acceptors (Lipinski definition) is 3. The predicted molar refractivity (Wildman–Crippen MR) is 98.1 cm³/mol. The number of ether oxygens (including phenoxy) is 1. The summed E-state index contributed by atoms with van der Waals surface area (Å²) < 4.78 is 5.29. The number of amides is 3. The van der Waals surface area contributed by atoms with Gasteiger partial charge in [-0.3, -0.25) is 4.79 Å². The van der Waals surface area contributed by atoms with Gasteiger partial charge in [0.05, 0.1) is 13.5 Å². The molecule has 25 heavy (non-hydrogen) atoms. The molecule has 0 aliphatic carbocycles. The molecule has 7 heteroatoms. The molecular weight excluding hydrogens is 342 g/mol. The minimum Gasteiger partial charge on any atom is -0.496 e. The van der Waals surface area contributed by atoms with E-state index in [1.54, 1.807) is 35.1 Å². The molecule has 1 N–H and O–H groups in total. The molecule has 1 heterocycles. The summed E-state index contributed by atoms with van der Waals surface area (Å²) in [7, 11) is 1.57. The Morgan fingerprint density at radius 1 is 1.16 bits per heavy atom. The molecule has 1 aromatic rings. The second kappa shape index (κ2) is 7.95. The number of hydrogen-bond donors (Lipinski definition) is 1. The summed E-state index contributed by atoms with van der Waals surface area (Å²) in [5.74, 6) is 0.664. The maximum absolute atomic E-state index is 12.6. The van der Waals surface area contributed by atoms with Gasteiger partial charge in [0.1, 0.15) is 5.75 Å². The van der Waals surface area contributed by atoms with Gasteiger partial charge < -0.3 is 19.9 Å². The molecule has 0 unspecified atom stereocenters. The molecule has 138 valence electrons. The summed E-state index contributed by atoms with van der Waals surface area (Å²) in [6, 6.07) is 5.17. The largest absolute Gasteiger partial charge is 0.496 e. The lowest BCUT2D eigenvalue weighted by molar-refractivity contribution is -0.131. The number of urea groups is 1. The number of halogens is 1. The quantitative estimate of drug-likeness (QED) is 0.893. The number of carbonyl (C=O) groups is 2. The zero-order chi connectivity index (χ0) is 18.6. The van der Waals surface area contributed by atoms with Gasteiger partial charge in [0.2, 0.25) is 5.91 Å². The third-order valence-electron chi connectivity index (χ3n) is 3.99. The number of methoxy groups -OCH3 is 1. The van der Waals surface area contributed by atoms with E-state index in [0.717, 1.165) is 5.56 Å². The van der Waals surface area contributed by atoms with Gasteiger partial charge in [0.15, 0.2) is 0 Å². The first-order valence-electron chi connectivity index (χ1n) is 8.37. The van der Waals surface area contributed by atoms with Crippen molar-refractivity contribution in [3.05, 3.63) is 28.8 Å². The molecule has 0 atom stereocenters. The Kier molecular flexibility index (Phi) is 6.16. The van der Waals surface area contributed by atoms with Crippen molar-refractivity contribution in [2.45, 2.75) is 32.7 Å². The summed E-state index contributed by atoms with van der Waals surface area (Å²) in [5, 5.41) is 3.52. The minimum absolute atomic E-state index is 0.0106. The summed E-state index contributed by atoms with van der Waals surface area (Å²) in [5.41, 5.74) is 0.501. The van der Waals surface area contributed by atoms with E-state index in [2.05, 4.69) is 5.32 Å². The first-order chi connectivity index (χ1) is 11.7. The monoisotopic (exact) mass is 367 g/mol. The standard InChI is InChI=1S/C18H26ClN3O3/c1-18(2,3)20-17(24)22-9-7-21(8-10-22)16(23)12-13-11-14(19)5-6-15(13)25-4/h5-6,11H,7-10,12H2,1-4H3,(H,20,24). The zero-order valence-corrected chi connectivity index (χ0v) is 16.0. The molecule has 0 aromatic heterocycles. The van der Waals surface area contributed by atoms with Gasteiger partial charge in [-0.1, -0.05) is 11.6 Å². The zero-order valence-electron chi connectivity index (χ0n) is 15.3. The van der Waals surface area contributed by atoms with E-state index in [-0.39, 0.29) is 23.9 Å². The second-order valence-corrected chi connectivity index (χ2v) is 7.62. The molecule has 2 rings (SSSR count). The van der Waals surface area contributed by atoms with Crippen LogP contribution in [0.25, 0.3) is 0 Å². The third kappa shape index (κ3) is 5.53. The fourth-order valence-corrected chi connectivity index (χ4v) is 2.91. The van der Waals surface area contributed by atoms with Crippen LogP contribution in [-0.4, -0.2) is 60.6 Å². The van der Waals surface area contributed by atoms with Gasteiger partial charge in [0, 0.05) is 42.3 Å². The summed E-state index contributed by atoms with van der Waals surface area (Å²) >= 11 is 6.02. The first-order valence-corrected chi connectivity index (χ1v) is 8.74. The van der Waals surface area contributed by atoms with Crippen molar-refractivity contribution in [3.8, 4) is 5.75 Å². The van der Waals surface area contributed by atoms with Crippen LogP contribution in [0.2, 0.25) is 5.02 Å². The normalized spacial score (nSPS) is 15.1. The summed E-state index contributed by atoms with van der Waals surface area (Å²) in [4.78, 5) is 28.3. The SMILES string of the molecule is COc1ccc(Cl)cc1CC(=O)N1CCN(C(=O)NC(C)(C)C)CC1. The predicted octanol–water partition coefficient (Wildman–Crippen LogP) is 2.54. The van der Waals surface area contributed by atoms with Crippen LogP contribution in [0.3, 0.4) is 0 Å². The molecule has 0 bridgehead atoms. The van der Waals surface area contributed by atoms with Crippen LogP contribution >= 0.6 is 11.6 Å². The number of nitrogens with zero attached hydrogens (tertiary/aromatic N) is 2. The average Bonchev–Trinajstić information content (AvgIpc) is 2.53. The summed E-state index contributed by atoms with van der Waals surface area (Å²) in [6.07, 6.45) is 0.234. The van der Waals surface area contributed by atoms with Crippen LogP contribution < -0.4 is 10.1 Å². The van der Waals surface area contributed by atoms with Crippen molar-refractivity contribution >= 4 is 23.5 Å². The molecule has 0 saturated carbocycles. The number of piperazine rings is 1. The van der Waals surface area contributed by atoms with Gasteiger partial charge in [-0.2, -0.15) is 0 Å². The maximum Gasteiger partial charge on any atom is 0.317 e. The van der Waals surface area contributed by atoms with Crippen molar-refractivity contribution in [3.63, 3.8) is 0 Å². The van der Waals surface area contributed by atoms with E-state index in [0.29, 0.717) is 37.0 Å². The van der Waals surface area contributed by atoms with E-state index in [9.17, 15) is 9.59 Å². The summed E-state index contributed by atoms with van der Waals surface area (Å²) in [6.45, 7) is 7.95. The van der Waals surface area contributed by atoms with Crippen LogP contribution in [0.4, 0.5) is 4.79 Å². The average molecular weight is 368 g/mol. The molecule has 1 aliphatic heterocycles. The van der Waals surface area contributed by atoms with E-state index < -0.39 is 0 Å². The Bertz CT molecular complexity index is 635. The molecule has 1 aromatic carbocycles. The van der Waals surface area contributed by atoms with Crippen LogP contribution in [-0.2, 0) is 11.2 Å². The number of nitrogens with one attached hydrogen (secondary N) is 1. The molecule has 0 spiro atoms. The Hall–Kier alpha value is -1.95. The Morgan fingerprint density at radius 2 is 1.76 bits per heavy atom. The Morgan fingerprint density at radius 3 is 2.32 bits per heavy atom. The van der Waals surface area contributed by atoms with Gasteiger partial charge in [-0.15, -0.1) is 0 Å². The van der Waals surface area contributed by atoms with E-state index in [4.69, 9.17) is 16.3 Å². The van der Waals surface area contributed by atoms with Crippen molar-refractivity contribution in [2.75, 3.05) is 33.3 Å². The number of rotatable bonds is 3. The minimum atomic E-state index is -0.271. The van der Waals surface area contributed by atoms with Gasteiger partial charge >= 0.3 is 6.03 Å². The van der Waals surface area contributed by atoms with Crippen LogP contribution in [0.15, 0.2) is 18.2 Å². The lowest BCUT2D eigenvalue weighted by atomic mass is 10.1. The maximum atomic E-state index is 12.6. The van der Waals surface area contributed by atoms with Gasteiger partial charge in [-0.05, 0) is 39.0 Å². The molecule has 1 aliphatic rings. The highest BCUT2D eigenvalue weighted by molar-refractivity contribution is 6.30. The van der Waals surface area contributed by atoms with E-state index in [1.165, 1.54) is 0 Å². The highest BCUT2D eigenvalue weighted by Crippen LogP contribution is 2.23. The van der Waals surface area contributed by atoms with E-state index >= 15 is 0 Å². The fourth-order valence-electron chi connectivity index (χ4n) is 2.72. The molecule has 0 radical (unpaired) electrons. The smallest absolute Gasteiger partial charge is 0.317 e. The Labute approximate surface area is 154 Å². The highest BCUT2D eigenvalue weighted by atomic mass is 35.5. The highest BCUT2D eigenvalue weighted by Gasteiger charge is 2.26. The Balaban J connectivity index is 1.91. The van der Waals surface area contributed by atoms with Gasteiger partial charge in [-0.25, -0.2) is 4.79 Å². The van der Waals surface area contributed by atoms with Gasteiger partial charge in [0.25, 0.3) is 0 Å². The number of carbonyl (C=O) groups excluding carboxylic acids is 2. The lowest BCUT2D eigenvalue weighted by Crippen LogP contribution is -2.56. The van der Waals surface area contributed by atoms with Crippen LogP contribution in [0.5, 0.6) is 5.75 Å². The fraction of sp³-hybridized carbons (Fsp3) is 0.556. The van der Waals surface area contributed by atoms with Crippen molar-refractivity contribution in [2.24, 2.45) is 0 Å². The number of benzene rings is 1. The molecule has 1 fully saturated rings. The second-order valence-electron chi connectivity index (χ2n) is 7.18. The van der Waals surface area contributed by atoms with Crippen molar-refractivity contribution < 1.29 is 14.3 Å². The molecule has 1 saturated heterocycles. The molecule has 3 amide bonds. The van der Waals surface area contributed by atoms with Crippen LogP contribution in [0.1, 0.15) is 26.3 Å². The third-order valence-corrected chi connectivity index (χ3v) is 4.22.